The predicted molar refractivity (Wildman–Crippen MR) is 229 cm³/mol. The molecule has 2 aromatic carbocycles. The minimum atomic E-state index is -1.89. The van der Waals surface area contributed by atoms with Crippen molar-refractivity contribution in [1.82, 2.24) is 54.8 Å². The number of aryl methyl sites for hydroxylation is 1. The van der Waals surface area contributed by atoms with Crippen molar-refractivity contribution in [1.29, 1.82) is 0 Å². The fraction of sp³-hybridized carbons (Fsp3) is 0.317. The van der Waals surface area contributed by atoms with E-state index in [4.69, 9.17) is 17.6 Å². The van der Waals surface area contributed by atoms with E-state index in [0.29, 0.717) is 82.3 Å². The second-order valence-corrected chi connectivity index (χ2v) is 16.6. The first-order valence-corrected chi connectivity index (χ1v) is 21.0. The van der Waals surface area contributed by atoms with Gasteiger partial charge in [-0.1, -0.05) is 12.1 Å². The Labute approximate surface area is 358 Å². The van der Waals surface area contributed by atoms with Crippen LogP contribution in [0.15, 0.2) is 83.1 Å². The molecule has 5 aromatic heterocycles. The number of nitrogens with one attached hydrogen (secondary N) is 3. The molecular formula is C41H43BFN13O5S. The smallest absolute Gasteiger partial charge is 0.247 e. The second kappa shape index (κ2) is 17.4. The first-order valence-electron chi connectivity index (χ1n) is 19.9. The number of hydrogen-bond donors (Lipinski definition) is 4. The largest absolute Gasteiger partial charge is 0.485 e. The number of H-pyrrole nitrogens is 1. The quantitative estimate of drug-likeness (QED) is 0.0853. The summed E-state index contributed by atoms with van der Waals surface area (Å²) in [6.45, 7) is 4.81. The molecule has 0 aliphatic carbocycles. The number of fused-ring (bicyclic) bond motifs is 2. The molecule has 1 aliphatic rings. The summed E-state index contributed by atoms with van der Waals surface area (Å²) in [4.78, 5) is 41.3. The number of ether oxygens (including phenoxy) is 1. The van der Waals surface area contributed by atoms with Crippen molar-refractivity contribution in [3.63, 3.8) is 0 Å². The molecule has 0 bridgehead atoms. The summed E-state index contributed by atoms with van der Waals surface area (Å²) in [6.07, 6.45) is 6.66. The maximum Gasteiger partial charge on any atom is 0.247 e. The average molecular weight is 860 g/mol. The van der Waals surface area contributed by atoms with Crippen LogP contribution in [0.5, 0.6) is 5.75 Å². The molecule has 2 unspecified atom stereocenters. The first kappa shape index (κ1) is 42.1. The van der Waals surface area contributed by atoms with E-state index in [2.05, 4.69) is 41.0 Å². The maximum absolute atomic E-state index is 15.6. The third kappa shape index (κ3) is 8.37. The van der Waals surface area contributed by atoms with Crippen molar-refractivity contribution in [2.24, 2.45) is 7.05 Å². The van der Waals surface area contributed by atoms with E-state index in [1.165, 1.54) is 27.9 Å². The normalized spacial score (nSPS) is 15.1. The number of nitrogens with zero attached hydrogens (tertiary/aromatic N) is 10. The number of benzene rings is 2. The van der Waals surface area contributed by atoms with Gasteiger partial charge in [-0.15, -0.1) is 5.10 Å². The summed E-state index contributed by atoms with van der Waals surface area (Å²) in [5.74, 6) is 0.0990. The summed E-state index contributed by atoms with van der Waals surface area (Å²) in [5, 5.41) is 33.5. The first-order chi connectivity index (χ1) is 29.8. The van der Waals surface area contributed by atoms with Crippen LogP contribution in [0.1, 0.15) is 50.3 Å². The van der Waals surface area contributed by atoms with Gasteiger partial charge in [0.25, 0.3) is 0 Å². The number of aliphatic hydroxyl groups is 1. The Morgan fingerprint density at radius 3 is 2.63 bits per heavy atom. The fourth-order valence-electron chi connectivity index (χ4n) is 7.45. The van der Waals surface area contributed by atoms with E-state index in [1.807, 2.05) is 26.0 Å². The van der Waals surface area contributed by atoms with Crippen LogP contribution >= 0.6 is 0 Å². The highest BCUT2D eigenvalue weighted by Gasteiger charge is 2.35. The molecule has 318 valence electrons. The lowest BCUT2D eigenvalue weighted by Crippen LogP contribution is -2.50. The molecule has 7 aromatic rings. The van der Waals surface area contributed by atoms with Gasteiger partial charge in [0.05, 0.1) is 39.8 Å². The Morgan fingerprint density at radius 1 is 1.13 bits per heavy atom. The number of aromatic amines is 1. The van der Waals surface area contributed by atoms with Gasteiger partial charge >= 0.3 is 0 Å². The summed E-state index contributed by atoms with van der Waals surface area (Å²) in [7, 11) is 8.08. The van der Waals surface area contributed by atoms with E-state index in [1.54, 1.807) is 66.4 Å². The van der Waals surface area contributed by atoms with Crippen LogP contribution < -0.4 is 20.3 Å². The minimum absolute atomic E-state index is 0.0590. The van der Waals surface area contributed by atoms with Crippen molar-refractivity contribution in [2.45, 2.75) is 60.5 Å². The van der Waals surface area contributed by atoms with Gasteiger partial charge in [-0.2, -0.15) is 19.7 Å². The number of aromatic nitrogens is 9. The number of likely N-dealkylation sites (tertiary alicyclic amines) is 1. The van der Waals surface area contributed by atoms with Crippen LogP contribution in [0.3, 0.4) is 0 Å². The van der Waals surface area contributed by atoms with Crippen LogP contribution in [0.25, 0.3) is 27.9 Å². The Morgan fingerprint density at radius 2 is 1.92 bits per heavy atom. The monoisotopic (exact) mass is 859 g/mol. The lowest BCUT2D eigenvalue weighted by atomic mass is 9.80. The number of halogens is 1. The fourth-order valence-corrected chi connectivity index (χ4v) is 8.56. The third-order valence-corrected chi connectivity index (χ3v) is 12.1. The third-order valence-electron chi connectivity index (χ3n) is 10.7. The van der Waals surface area contributed by atoms with E-state index in [0.717, 1.165) is 5.69 Å². The minimum Gasteiger partial charge on any atom is -0.485 e. The van der Waals surface area contributed by atoms with Crippen molar-refractivity contribution < 1.29 is 28.0 Å². The van der Waals surface area contributed by atoms with Crippen LogP contribution in [-0.2, 0) is 33.1 Å². The Hall–Kier alpha value is -6.58. The SMILES string of the molecule is [B]C(O)(c1cccc(S(=O)c2ccc(Nc3nc4c(OC(C)C)c(-c5cn[nH]c5)ncn4n3)c(F)c2)c1)N1CCC(c2ccc3c(N(C=O)CCC(=O)NC)nn(C)c3n2)CC1. The van der Waals surface area contributed by atoms with Crippen molar-refractivity contribution >= 4 is 65.1 Å². The zero-order chi connectivity index (χ0) is 43.7. The highest BCUT2D eigenvalue weighted by Crippen LogP contribution is 2.36. The van der Waals surface area contributed by atoms with Crippen LogP contribution in [0, 0.1) is 5.82 Å². The van der Waals surface area contributed by atoms with Crippen LogP contribution in [-0.4, -0.2) is 112 Å². The van der Waals surface area contributed by atoms with E-state index < -0.39 is 22.2 Å². The summed E-state index contributed by atoms with van der Waals surface area (Å²) >= 11 is 0. The highest BCUT2D eigenvalue weighted by atomic mass is 32.2. The molecule has 8 rings (SSSR count). The number of amides is 2. The maximum atomic E-state index is 15.6. The highest BCUT2D eigenvalue weighted by molar-refractivity contribution is 7.85. The number of piperidine rings is 1. The Kier molecular flexibility index (Phi) is 11.8. The molecule has 18 nitrogen and oxygen atoms in total. The van der Waals surface area contributed by atoms with Crippen molar-refractivity contribution in [3.05, 3.63) is 90.4 Å². The van der Waals surface area contributed by atoms with E-state index in [9.17, 15) is 18.9 Å². The lowest BCUT2D eigenvalue weighted by Gasteiger charge is -2.42. The summed E-state index contributed by atoms with van der Waals surface area (Å²) < 4.78 is 38.6. The summed E-state index contributed by atoms with van der Waals surface area (Å²) in [6, 6.07) is 14.5. The van der Waals surface area contributed by atoms with Crippen LogP contribution in [0.4, 0.5) is 21.8 Å². The molecule has 1 saturated heterocycles. The molecule has 1 aliphatic heterocycles. The lowest BCUT2D eigenvalue weighted by molar-refractivity contribution is -0.120. The molecule has 2 amide bonds. The number of carbonyl (C=O) groups is 2. The molecule has 2 radical (unpaired) electrons. The molecule has 0 spiro atoms. The molecule has 1 fully saturated rings. The predicted octanol–water partition coefficient (Wildman–Crippen LogP) is 3.88. The number of anilines is 3. The second-order valence-electron chi connectivity index (χ2n) is 15.1. The molecule has 21 heteroatoms. The van der Waals surface area contributed by atoms with Gasteiger partial charge in [0, 0.05) is 73.3 Å². The zero-order valence-electron chi connectivity index (χ0n) is 34.3. The molecule has 0 saturated carbocycles. The van der Waals surface area contributed by atoms with E-state index >= 15 is 4.39 Å². The number of carbonyl (C=O) groups excluding carboxylic acids is 2. The van der Waals surface area contributed by atoms with Gasteiger partial charge in [0.1, 0.15) is 25.7 Å². The number of pyridine rings is 1. The van der Waals surface area contributed by atoms with Crippen molar-refractivity contribution in [3.8, 4) is 17.0 Å². The Balaban J connectivity index is 0.934. The van der Waals surface area contributed by atoms with Gasteiger partial charge in [0.15, 0.2) is 17.2 Å². The van der Waals surface area contributed by atoms with Gasteiger partial charge in [-0.05, 0) is 74.7 Å². The number of hydrogen-bond acceptors (Lipinski definition) is 13. The zero-order valence-corrected chi connectivity index (χ0v) is 35.1. The van der Waals surface area contributed by atoms with Gasteiger partial charge in [-0.25, -0.2) is 23.2 Å². The molecule has 62 heavy (non-hydrogen) atoms. The molecule has 2 atom stereocenters. The van der Waals surface area contributed by atoms with Crippen LogP contribution in [0.2, 0.25) is 0 Å². The summed E-state index contributed by atoms with van der Waals surface area (Å²) in [5.41, 5.74) is 1.54. The standard InChI is InChI=1S/C41H43BFN13O5S/c1-24(2)61-36-35(26-20-46-47-21-26)45-22-56-39(36)50-40(52-56)49-33-10-8-29(19-31(33)43)62(60)28-7-5-6-27(18-28)41(42,59)55-16-12-25(13-17-55)32-11-9-30-37(48-32)53(4)51-38(30)54(23-57)15-14-34(58)44-3/h5-11,18-25,59H,12-17H2,1-4H3,(H,44,58)(H,46,47)(H,49,52). The molecule has 4 N–H and O–H groups in total. The van der Waals surface area contributed by atoms with Gasteiger partial charge < -0.3 is 20.5 Å². The Bertz CT molecular complexity index is 2790. The van der Waals surface area contributed by atoms with Gasteiger partial charge in [0.2, 0.25) is 23.9 Å². The average Bonchev–Trinajstić information content (AvgIpc) is 4.04. The molecular weight excluding hydrogens is 816 g/mol. The topological polar surface area (TPSA) is 214 Å². The number of rotatable bonds is 15. The van der Waals surface area contributed by atoms with Crippen molar-refractivity contribution in [2.75, 3.05) is 36.9 Å². The van der Waals surface area contributed by atoms with Gasteiger partial charge in [-0.3, -0.25) is 24.5 Å². The molecule has 6 heterocycles. The van der Waals surface area contributed by atoms with E-state index in [-0.39, 0.29) is 47.4 Å².